The van der Waals surface area contributed by atoms with Gasteiger partial charge in [-0.05, 0) is 24.1 Å². The van der Waals surface area contributed by atoms with Gasteiger partial charge in [0.05, 0.1) is 33.5 Å². The van der Waals surface area contributed by atoms with Crippen LogP contribution in [-0.2, 0) is 0 Å². The Morgan fingerprint density at radius 2 is 2.05 bits per heavy atom. The van der Waals surface area contributed by atoms with Crippen LogP contribution in [0.2, 0.25) is 5.02 Å². The van der Waals surface area contributed by atoms with Gasteiger partial charge in [-0.25, -0.2) is 18.6 Å². The Bertz CT molecular complexity index is 1890. The van der Waals surface area contributed by atoms with Crippen LogP contribution < -0.4 is 10.5 Å². The van der Waals surface area contributed by atoms with Crippen molar-refractivity contribution < 1.29 is 23.1 Å². The highest BCUT2D eigenvalue weighted by Gasteiger charge is 2.41. The first-order valence-corrected chi connectivity index (χ1v) is 13.8. The normalized spacial score (nSPS) is 18.0. The van der Waals surface area contributed by atoms with Gasteiger partial charge in [-0.15, -0.1) is 16.4 Å². The van der Waals surface area contributed by atoms with Crippen LogP contribution in [0.3, 0.4) is 0 Å². The highest BCUT2D eigenvalue weighted by atomic mass is 35.5. The molecular formula is C27H19ClF2N8O3S. The van der Waals surface area contributed by atoms with E-state index < -0.39 is 29.6 Å². The fourth-order valence-corrected chi connectivity index (χ4v) is 6.83. The number of likely N-dealkylation sites (N-methyl/N-ethyl adjacent to an activating group) is 1. The molecule has 0 saturated carbocycles. The first kappa shape index (κ1) is 27.4. The van der Waals surface area contributed by atoms with E-state index in [0.29, 0.717) is 12.8 Å². The minimum atomic E-state index is -0.864. The van der Waals surface area contributed by atoms with E-state index in [9.17, 15) is 19.2 Å². The number of benzene rings is 2. The average Bonchev–Trinajstić information content (AvgIpc) is 3.70. The molecule has 0 aliphatic carbocycles. The first-order chi connectivity index (χ1) is 20.1. The molecular weight excluding hydrogens is 590 g/mol. The minimum Gasteiger partial charge on any atom is -0.491 e. The van der Waals surface area contributed by atoms with Crippen LogP contribution in [0.15, 0.2) is 24.5 Å². The number of ether oxygens (including phenoxy) is 1. The number of nitrogen functional groups attached to an aromatic ring is 1. The number of fused-ring (bicyclic) bond motifs is 3. The summed E-state index contributed by atoms with van der Waals surface area (Å²) in [5, 5.41) is 22.5. The number of nitriles is 2. The molecule has 2 atom stereocenters. The molecule has 2 amide bonds. The number of amides is 2. The van der Waals surface area contributed by atoms with Gasteiger partial charge in [-0.2, -0.15) is 15.2 Å². The molecule has 2 aliphatic rings. The van der Waals surface area contributed by atoms with Crippen LogP contribution in [0.1, 0.15) is 34.6 Å². The van der Waals surface area contributed by atoms with E-state index in [4.69, 9.17) is 27.3 Å². The molecule has 1 saturated heterocycles. The van der Waals surface area contributed by atoms with E-state index in [0.717, 1.165) is 34.5 Å². The Kier molecular flexibility index (Phi) is 6.68. The number of thiophene rings is 1. The number of rotatable bonds is 2. The minimum absolute atomic E-state index is 0.00284. The summed E-state index contributed by atoms with van der Waals surface area (Å²) in [7, 11) is 1.56. The number of hydrogen-bond donors (Lipinski definition) is 1. The monoisotopic (exact) mass is 608 g/mol. The number of anilines is 1. The van der Waals surface area contributed by atoms with Crippen molar-refractivity contribution in [3.05, 3.63) is 58.1 Å². The summed E-state index contributed by atoms with van der Waals surface area (Å²) < 4.78 is 37.5. The Hall–Kier alpha value is -4.79. The molecule has 2 aromatic carbocycles. The zero-order valence-electron chi connectivity index (χ0n) is 21.8. The topological polar surface area (TPSA) is 154 Å². The Morgan fingerprint density at radius 3 is 2.76 bits per heavy atom. The summed E-state index contributed by atoms with van der Waals surface area (Å²) in [6.45, 7) is 0.295. The van der Waals surface area contributed by atoms with Crippen LogP contribution >= 0.6 is 22.9 Å². The van der Waals surface area contributed by atoms with Gasteiger partial charge in [-0.3, -0.25) is 4.79 Å². The predicted octanol–water partition coefficient (Wildman–Crippen LogP) is 4.38. The van der Waals surface area contributed by atoms with Gasteiger partial charge in [0, 0.05) is 37.0 Å². The van der Waals surface area contributed by atoms with Gasteiger partial charge in [-0.1, -0.05) is 17.7 Å². The van der Waals surface area contributed by atoms with Crippen molar-refractivity contribution in [2.45, 2.75) is 24.9 Å². The number of carbonyl (C=O) groups excluding carboxylic acids is 2. The zero-order chi connectivity index (χ0) is 29.9. The zero-order valence-corrected chi connectivity index (χ0v) is 23.3. The molecule has 1 fully saturated rings. The van der Waals surface area contributed by atoms with Crippen molar-refractivity contribution in [2.24, 2.45) is 0 Å². The standard InChI is InChI=1S/C27H19ClF2N8O3S/c1-36(27(40)38-11-34-19(9-32)35-38)13-6-12-4-5-41-23-15(26(39)37(12)10-13)7-18(30)21(22(23)28)14-2-3-17(29)24-20(14)16(8-31)25(33)42-24/h2-3,7,11-13H,4-6,10,33H2,1H3. The van der Waals surface area contributed by atoms with Crippen molar-refractivity contribution in [2.75, 3.05) is 25.9 Å². The molecule has 11 nitrogen and oxygen atoms in total. The molecule has 0 radical (unpaired) electrons. The number of hydrogen-bond acceptors (Lipinski definition) is 9. The molecule has 2 aliphatic heterocycles. The molecule has 4 heterocycles. The summed E-state index contributed by atoms with van der Waals surface area (Å²) >= 11 is 7.59. The van der Waals surface area contributed by atoms with Gasteiger partial charge >= 0.3 is 6.03 Å². The Morgan fingerprint density at radius 1 is 1.26 bits per heavy atom. The highest BCUT2D eigenvalue weighted by Crippen LogP contribution is 2.47. The molecule has 42 heavy (non-hydrogen) atoms. The van der Waals surface area contributed by atoms with Crippen molar-refractivity contribution in [3.8, 4) is 29.0 Å². The molecule has 2 N–H and O–H groups in total. The summed E-state index contributed by atoms with van der Waals surface area (Å²) in [6.07, 6.45) is 1.99. The van der Waals surface area contributed by atoms with E-state index in [1.54, 1.807) is 18.0 Å². The largest absolute Gasteiger partial charge is 0.491 e. The van der Waals surface area contributed by atoms with Gasteiger partial charge in [0.1, 0.15) is 35.1 Å². The second kappa shape index (κ2) is 10.2. The molecule has 15 heteroatoms. The SMILES string of the molecule is CN(C(=O)n1cnc(C#N)n1)C1CC2CCOc3c(cc(F)c(-c4ccc(F)c5sc(N)c(C#N)c45)c3Cl)C(=O)N2C1. The molecule has 0 spiro atoms. The van der Waals surface area contributed by atoms with Crippen molar-refractivity contribution in [1.29, 1.82) is 10.5 Å². The highest BCUT2D eigenvalue weighted by molar-refractivity contribution is 7.23. The molecule has 2 aromatic heterocycles. The van der Waals surface area contributed by atoms with Crippen LogP contribution in [0.4, 0.5) is 18.6 Å². The molecule has 2 unspecified atom stereocenters. The number of nitrogens with two attached hydrogens (primary N) is 1. The van der Waals surface area contributed by atoms with Gasteiger partial charge in [0.2, 0.25) is 0 Å². The third-order valence-corrected chi connectivity index (χ3v) is 8.98. The predicted molar refractivity (Wildman–Crippen MR) is 148 cm³/mol. The van der Waals surface area contributed by atoms with E-state index in [1.165, 1.54) is 11.0 Å². The van der Waals surface area contributed by atoms with E-state index in [2.05, 4.69) is 10.1 Å². The Labute approximate surface area is 245 Å². The first-order valence-electron chi connectivity index (χ1n) is 12.6. The third-order valence-electron chi connectivity index (χ3n) is 7.59. The van der Waals surface area contributed by atoms with Crippen LogP contribution in [-0.4, -0.2) is 68.8 Å². The quantitative estimate of drug-likeness (QED) is 0.352. The summed E-state index contributed by atoms with van der Waals surface area (Å²) in [4.78, 5) is 33.5. The fraction of sp³-hybridized carbons (Fsp3) is 0.259. The lowest BCUT2D eigenvalue weighted by atomic mass is 9.96. The number of aromatic nitrogens is 3. The van der Waals surface area contributed by atoms with Crippen molar-refractivity contribution in [1.82, 2.24) is 24.6 Å². The maximum Gasteiger partial charge on any atom is 0.346 e. The second-order valence-corrected chi connectivity index (χ2v) is 11.3. The van der Waals surface area contributed by atoms with E-state index >= 15 is 4.39 Å². The molecule has 6 rings (SSSR count). The van der Waals surface area contributed by atoms with Crippen LogP contribution in [0.5, 0.6) is 5.75 Å². The number of carbonyl (C=O) groups is 2. The van der Waals surface area contributed by atoms with Crippen LogP contribution in [0.25, 0.3) is 21.2 Å². The van der Waals surface area contributed by atoms with Gasteiger partial charge < -0.3 is 20.3 Å². The van der Waals surface area contributed by atoms with Crippen molar-refractivity contribution >= 4 is 50.0 Å². The fourth-order valence-electron chi connectivity index (χ4n) is 5.53. The molecule has 0 bridgehead atoms. The number of halogens is 3. The average molecular weight is 609 g/mol. The maximum absolute atomic E-state index is 15.9. The lowest BCUT2D eigenvalue weighted by Gasteiger charge is -2.29. The van der Waals surface area contributed by atoms with Gasteiger partial charge in [0.25, 0.3) is 11.7 Å². The Balaban J connectivity index is 1.36. The summed E-state index contributed by atoms with van der Waals surface area (Å²) in [6, 6.07) is 5.97. The van der Waals surface area contributed by atoms with E-state index in [-0.39, 0.29) is 73.1 Å². The summed E-state index contributed by atoms with van der Waals surface area (Å²) in [5.41, 5.74) is 5.85. The molecule has 4 aromatic rings. The third kappa shape index (κ3) is 4.19. The lowest BCUT2D eigenvalue weighted by Crippen LogP contribution is -2.42. The van der Waals surface area contributed by atoms with E-state index in [1.807, 2.05) is 6.07 Å². The lowest BCUT2D eigenvalue weighted by molar-refractivity contribution is 0.0687. The second-order valence-electron chi connectivity index (χ2n) is 9.83. The van der Waals surface area contributed by atoms with Crippen molar-refractivity contribution in [3.63, 3.8) is 0 Å². The smallest absolute Gasteiger partial charge is 0.346 e. The summed E-state index contributed by atoms with van der Waals surface area (Å²) in [5.74, 6) is -2.19. The van der Waals surface area contributed by atoms with Gasteiger partial charge in [0.15, 0.2) is 5.75 Å². The molecule has 212 valence electrons. The van der Waals surface area contributed by atoms with Crippen LogP contribution in [0, 0.1) is 34.3 Å². The maximum atomic E-state index is 15.9. The number of nitrogens with zero attached hydrogens (tertiary/aromatic N) is 7.